The summed E-state index contributed by atoms with van der Waals surface area (Å²) in [6.07, 6.45) is 3.15. The summed E-state index contributed by atoms with van der Waals surface area (Å²) in [5, 5.41) is 9.71. The molecule has 158 valence electrons. The molecule has 1 aromatic rings. The molecular weight excluding hydrogens is 411 g/mol. The summed E-state index contributed by atoms with van der Waals surface area (Å²) >= 11 is 0. The molecule has 2 N–H and O–H groups in total. The molecular formula is C16H22B4O9S. The standard InChI is InChI=1S/C16H22B4O9S/c17-5-8-9(6-18)12(13(15(22)23)14(20)10(8)7-19)16(24)29-2-1-11(21)28-3-4-30(25,26)27/h1-2H,3-7,17-20H2,(H,22,23)(H,25,26,27)/b2-1+. The number of esters is 2. The lowest BCUT2D eigenvalue weighted by molar-refractivity contribution is -0.137. The van der Waals surface area contributed by atoms with Gasteiger partial charge in [0, 0.05) is 0 Å². The van der Waals surface area contributed by atoms with E-state index in [0.717, 1.165) is 23.5 Å². The second kappa shape index (κ2) is 11.1. The van der Waals surface area contributed by atoms with Crippen LogP contribution in [-0.2, 0) is 43.3 Å². The number of carbonyl (C=O) groups excluding carboxylic acids is 2. The van der Waals surface area contributed by atoms with Crippen LogP contribution in [0.15, 0.2) is 12.3 Å². The number of carboxylic acids is 1. The van der Waals surface area contributed by atoms with Crippen molar-refractivity contribution < 1.29 is 41.9 Å². The Morgan fingerprint density at radius 3 is 2.00 bits per heavy atom. The number of hydrogen-bond acceptors (Lipinski definition) is 7. The lowest BCUT2D eigenvalue weighted by Gasteiger charge is -2.21. The van der Waals surface area contributed by atoms with E-state index < -0.39 is 40.4 Å². The third kappa shape index (κ3) is 6.53. The van der Waals surface area contributed by atoms with Crippen molar-refractivity contribution in [2.75, 3.05) is 12.4 Å². The van der Waals surface area contributed by atoms with Crippen molar-refractivity contribution in [2.45, 2.75) is 19.0 Å². The predicted octanol–water partition coefficient (Wildman–Crippen LogP) is -3.86. The van der Waals surface area contributed by atoms with Crippen LogP contribution in [0.25, 0.3) is 0 Å². The van der Waals surface area contributed by atoms with Crippen LogP contribution in [0.4, 0.5) is 0 Å². The Morgan fingerprint density at radius 2 is 1.53 bits per heavy atom. The topological polar surface area (TPSA) is 144 Å². The average Bonchev–Trinajstić information content (AvgIpc) is 2.65. The number of aromatic carboxylic acids is 1. The summed E-state index contributed by atoms with van der Waals surface area (Å²) < 4.78 is 39.2. The summed E-state index contributed by atoms with van der Waals surface area (Å²) in [6.45, 7) is -0.573. The Labute approximate surface area is 178 Å². The van der Waals surface area contributed by atoms with Crippen LogP contribution < -0.4 is 5.46 Å². The van der Waals surface area contributed by atoms with Gasteiger partial charge in [-0.2, -0.15) is 8.42 Å². The van der Waals surface area contributed by atoms with E-state index in [1.807, 2.05) is 23.5 Å². The van der Waals surface area contributed by atoms with Gasteiger partial charge < -0.3 is 14.6 Å². The normalized spacial score (nSPS) is 11.4. The third-order valence-corrected chi connectivity index (χ3v) is 5.23. The highest BCUT2D eigenvalue weighted by Gasteiger charge is 2.27. The van der Waals surface area contributed by atoms with Crippen LogP contribution in [0.5, 0.6) is 0 Å². The first-order valence-corrected chi connectivity index (χ1v) is 11.0. The molecule has 0 saturated carbocycles. The van der Waals surface area contributed by atoms with Gasteiger partial charge in [-0.3, -0.25) is 4.55 Å². The summed E-state index contributed by atoms with van der Waals surface area (Å²) in [7, 11) is 3.04. The summed E-state index contributed by atoms with van der Waals surface area (Å²) in [5.74, 6) is -3.93. The van der Waals surface area contributed by atoms with Crippen LogP contribution in [0, 0.1) is 0 Å². The minimum atomic E-state index is -4.27. The SMILES string of the molecule is BCc1c(B)c(C(=O)O)c(C(=O)O/C=C/C(=O)OCCS(=O)(=O)O)c(CB)c1CB. The van der Waals surface area contributed by atoms with Gasteiger partial charge in [0.05, 0.1) is 17.2 Å². The first kappa shape index (κ1) is 25.6. The van der Waals surface area contributed by atoms with Gasteiger partial charge in [0.2, 0.25) is 0 Å². The fraction of sp³-hybridized carbons (Fsp3) is 0.312. The average molecular weight is 434 g/mol. The largest absolute Gasteiger partial charge is 0.478 e. The molecule has 0 bridgehead atoms. The van der Waals surface area contributed by atoms with Crippen molar-refractivity contribution >= 4 is 64.9 Å². The molecule has 1 rings (SSSR count). The van der Waals surface area contributed by atoms with E-state index in [1.165, 1.54) is 0 Å². The first-order valence-electron chi connectivity index (χ1n) is 9.38. The smallest absolute Gasteiger partial charge is 0.344 e. The number of benzene rings is 1. The maximum absolute atomic E-state index is 12.7. The zero-order valence-electron chi connectivity index (χ0n) is 17.4. The minimum Gasteiger partial charge on any atom is -0.478 e. The molecule has 0 aliphatic carbocycles. The van der Waals surface area contributed by atoms with Crippen molar-refractivity contribution in [3.63, 3.8) is 0 Å². The maximum Gasteiger partial charge on any atom is 0.344 e. The highest BCUT2D eigenvalue weighted by Crippen LogP contribution is 2.24. The van der Waals surface area contributed by atoms with Crippen LogP contribution >= 0.6 is 0 Å². The van der Waals surface area contributed by atoms with Gasteiger partial charge in [0.25, 0.3) is 10.1 Å². The van der Waals surface area contributed by atoms with Crippen LogP contribution in [-0.4, -0.2) is 79.7 Å². The van der Waals surface area contributed by atoms with Gasteiger partial charge in [-0.15, -0.1) is 0 Å². The van der Waals surface area contributed by atoms with Gasteiger partial charge in [0.1, 0.15) is 50.0 Å². The maximum atomic E-state index is 12.7. The molecule has 0 aliphatic rings. The molecule has 1 aromatic carbocycles. The second-order valence-electron chi connectivity index (χ2n) is 6.34. The van der Waals surface area contributed by atoms with Gasteiger partial charge >= 0.3 is 17.9 Å². The van der Waals surface area contributed by atoms with E-state index in [0.29, 0.717) is 30.0 Å². The van der Waals surface area contributed by atoms with Gasteiger partial charge in [-0.05, 0) is 5.56 Å². The lowest BCUT2D eigenvalue weighted by Crippen LogP contribution is -2.29. The summed E-state index contributed by atoms with van der Waals surface area (Å²) in [5.41, 5.74) is 2.70. The molecule has 0 saturated heterocycles. The molecule has 0 radical (unpaired) electrons. The Bertz CT molecular complexity index is 974. The van der Waals surface area contributed by atoms with E-state index in [9.17, 15) is 27.9 Å². The van der Waals surface area contributed by atoms with Crippen LogP contribution in [0.3, 0.4) is 0 Å². The minimum absolute atomic E-state index is 0.0547. The number of rotatable bonds is 10. The molecule has 30 heavy (non-hydrogen) atoms. The summed E-state index contributed by atoms with van der Waals surface area (Å²) in [4.78, 5) is 36.1. The second-order valence-corrected chi connectivity index (χ2v) is 7.91. The van der Waals surface area contributed by atoms with Crippen LogP contribution in [0.2, 0.25) is 0 Å². The van der Waals surface area contributed by atoms with Crippen molar-refractivity contribution in [3.05, 3.63) is 40.2 Å². The van der Waals surface area contributed by atoms with Crippen molar-refractivity contribution in [3.8, 4) is 0 Å². The lowest BCUT2D eigenvalue weighted by atomic mass is 9.70. The third-order valence-electron chi connectivity index (χ3n) is 4.55. The number of carbonyl (C=O) groups is 3. The molecule has 14 heteroatoms. The number of ether oxygens (including phenoxy) is 2. The highest BCUT2D eigenvalue weighted by molar-refractivity contribution is 7.85. The molecule has 0 aromatic heterocycles. The monoisotopic (exact) mass is 434 g/mol. The fourth-order valence-corrected chi connectivity index (χ4v) is 3.64. The summed E-state index contributed by atoms with van der Waals surface area (Å²) in [6, 6.07) is 0. The predicted molar refractivity (Wildman–Crippen MR) is 120 cm³/mol. The number of carboxylic acid groups (broad SMARTS) is 1. The van der Waals surface area contributed by atoms with Gasteiger partial charge in [-0.25, -0.2) is 14.4 Å². The Hall–Kier alpha value is -2.46. The highest BCUT2D eigenvalue weighted by atomic mass is 32.2. The Balaban J connectivity index is 3.18. The van der Waals surface area contributed by atoms with E-state index in [-0.39, 0.29) is 11.1 Å². The van der Waals surface area contributed by atoms with E-state index >= 15 is 0 Å². The molecule has 0 amide bonds. The molecule has 0 atom stereocenters. The quantitative estimate of drug-likeness (QED) is 0.124. The molecule has 9 nitrogen and oxygen atoms in total. The molecule has 0 heterocycles. The van der Waals surface area contributed by atoms with Gasteiger partial charge in [0.15, 0.2) is 0 Å². The molecule has 0 spiro atoms. The zero-order valence-corrected chi connectivity index (χ0v) is 18.2. The molecule has 0 fully saturated rings. The zero-order chi connectivity index (χ0) is 23.1. The van der Waals surface area contributed by atoms with E-state index in [1.54, 1.807) is 7.85 Å². The van der Waals surface area contributed by atoms with Crippen molar-refractivity contribution in [1.29, 1.82) is 0 Å². The Morgan fingerprint density at radius 1 is 0.967 bits per heavy atom. The molecule has 0 unspecified atom stereocenters. The van der Waals surface area contributed by atoms with Crippen LogP contribution in [0.1, 0.15) is 37.4 Å². The first-order chi connectivity index (χ1) is 14.0. The Kier molecular flexibility index (Phi) is 9.44. The van der Waals surface area contributed by atoms with E-state index in [2.05, 4.69) is 4.74 Å². The fourth-order valence-electron chi connectivity index (χ4n) is 3.34. The molecule has 0 aliphatic heterocycles. The van der Waals surface area contributed by atoms with E-state index in [4.69, 9.17) is 9.29 Å². The van der Waals surface area contributed by atoms with Gasteiger partial charge in [-0.1, -0.05) is 35.6 Å². The van der Waals surface area contributed by atoms with Crippen molar-refractivity contribution in [2.24, 2.45) is 0 Å². The number of hydrogen-bond donors (Lipinski definition) is 2. The van der Waals surface area contributed by atoms with Crippen molar-refractivity contribution in [1.82, 2.24) is 0 Å².